The second-order valence-electron chi connectivity index (χ2n) is 3.73. The first kappa shape index (κ1) is 8.07. The summed E-state index contributed by atoms with van der Waals surface area (Å²) in [6.07, 6.45) is 0. The number of amides is 1. The van der Waals surface area contributed by atoms with E-state index in [0.29, 0.717) is 0 Å². The maximum Gasteiger partial charge on any atom is 0.217 e. The number of nitrogens with one attached hydrogen (secondary N) is 1. The highest BCUT2D eigenvalue weighted by atomic mass is 16.1. The van der Waals surface area contributed by atoms with Crippen molar-refractivity contribution in [1.29, 1.82) is 0 Å². The number of rotatable bonds is 3. The van der Waals surface area contributed by atoms with Gasteiger partial charge in [0.2, 0.25) is 5.91 Å². The van der Waals surface area contributed by atoms with Crippen LogP contribution in [0.2, 0.25) is 0 Å². The van der Waals surface area contributed by atoms with Gasteiger partial charge in [0.25, 0.3) is 0 Å². The Kier molecular flexibility index (Phi) is 2.52. The van der Waals surface area contributed by atoms with E-state index in [9.17, 15) is 4.79 Å². The van der Waals surface area contributed by atoms with E-state index >= 15 is 0 Å². The molecule has 1 N–H and O–H groups in total. The van der Waals surface area contributed by atoms with E-state index < -0.39 is 18.8 Å². The lowest BCUT2D eigenvalue weighted by Crippen LogP contribution is -2.26. The minimum Gasteiger partial charge on any atom is -0.345 e. The molecule has 17 heavy (non-hydrogen) atoms. The first-order chi connectivity index (χ1) is 9.48. The van der Waals surface area contributed by atoms with Crippen LogP contribution in [0.25, 0.3) is 0 Å². The molecule has 2 nitrogen and oxygen atoms in total. The predicted molar refractivity (Wildman–Crippen MR) is 68.5 cm³/mol. The van der Waals surface area contributed by atoms with Gasteiger partial charge in [-0.05, 0) is 11.1 Å². The first-order valence-electron chi connectivity index (χ1n) is 6.89. The molecule has 2 rings (SSSR count). The van der Waals surface area contributed by atoms with E-state index in [2.05, 4.69) is 5.32 Å². The summed E-state index contributed by atoms with van der Waals surface area (Å²) in [4.78, 5) is 11.7. The maximum absolute atomic E-state index is 11.7. The van der Waals surface area contributed by atoms with Crippen LogP contribution >= 0.6 is 0 Å². The quantitative estimate of drug-likeness (QED) is 0.859. The highest BCUT2D eigenvalue weighted by Crippen LogP contribution is 2.21. The van der Waals surface area contributed by atoms with Crippen molar-refractivity contribution in [2.24, 2.45) is 0 Å². The van der Waals surface area contributed by atoms with E-state index in [1.54, 1.807) is 0 Å². The molecule has 0 radical (unpaired) electrons. The fourth-order valence-electron chi connectivity index (χ4n) is 1.78. The summed E-state index contributed by atoms with van der Waals surface area (Å²) in [6, 6.07) is 18.1. The zero-order valence-corrected chi connectivity index (χ0v) is 9.26. The van der Waals surface area contributed by atoms with Crippen molar-refractivity contribution in [2.75, 3.05) is 0 Å². The smallest absolute Gasteiger partial charge is 0.217 e. The van der Waals surface area contributed by atoms with Crippen molar-refractivity contribution in [3.05, 3.63) is 71.8 Å². The van der Waals surface area contributed by atoms with Crippen molar-refractivity contribution < 1.29 is 8.91 Å². The van der Waals surface area contributed by atoms with Gasteiger partial charge in [-0.25, -0.2) is 0 Å². The Morgan fingerprint density at radius 2 is 1.47 bits per heavy atom. The second-order valence-corrected chi connectivity index (χ2v) is 3.73. The Balaban J connectivity index is 2.34. The zero-order valence-electron chi connectivity index (χ0n) is 12.3. The lowest BCUT2D eigenvalue weighted by Gasteiger charge is -2.18. The van der Waals surface area contributed by atoms with Crippen LogP contribution in [-0.2, 0) is 4.79 Å². The Hall–Kier alpha value is -2.09. The second kappa shape index (κ2) is 5.30. The molecule has 0 aliphatic heterocycles. The van der Waals surface area contributed by atoms with Crippen LogP contribution in [-0.4, -0.2) is 5.91 Å². The SMILES string of the molecule is [2H]C([2H])([2H])C(=O)NC(c1ccccc1)c1ccccc1. The minimum absolute atomic E-state index is 0.467. The van der Waals surface area contributed by atoms with Gasteiger partial charge in [-0.15, -0.1) is 0 Å². The molecular weight excluding hydrogens is 210 g/mol. The molecule has 0 spiro atoms. The predicted octanol–water partition coefficient (Wildman–Crippen LogP) is 2.91. The summed E-state index contributed by atoms with van der Waals surface area (Å²) in [5, 5.41) is 2.59. The normalized spacial score (nSPS) is 13.6. The Bertz CT molecular complexity index is 527. The largest absolute Gasteiger partial charge is 0.345 e. The number of benzene rings is 2. The van der Waals surface area contributed by atoms with Crippen LogP contribution in [0.15, 0.2) is 60.7 Å². The van der Waals surface area contributed by atoms with Crippen molar-refractivity contribution in [1.82, 2.24) is 5.32 Å². The molecule has 0 unspecified atom stereocenters. The van der Waals surface area contributed by atoms with Crippen LogP contribution in [0.3, 0.4) is 0 Å². The lowest BCUT2D eigenvalue weighted by atomic mass is 9.99. The Morgan fingerprint density at radius 1 is 1.00 bits per heavy atom. The van der Waals surface area contributed by atoms with Crippen LogP contribution in [0.4, 0.5) is 0 Å². The molecular formula is C15H15NO. The van der Waals surface area contributed by atoms with Gasteiger partial charge in [0.05, 0.1) is 6.04 Å². The summed E-state index contributed by atoms with van der Waals surface area (Å²) >= 11 is 0. The molecule has 0 saturated heterocycles. The summed E-state index contributed by atoms with van der Waals surface area (Å²) in [5.74, 6) is -0.949. The third kappa shape index (κ3) is 2.94. The van der Waals surface area contributed by atoms with Gasteiger partial charge >= 0.3 is 0 Å². The summed E-state index contributed by atoms with van der Waals surface area (Å²) in [6.45, 7) is -2.65. The number of carbonyl (C=O) groups excluding carboxylic acids is 1. The average molecular weight is 228 g/mol. The highest BCUT2D eigenvalue weighted by molar-refractivity contribution is 5.74. The number of carbonyl (C=O) groups is 1. The lowest BCUT2D eigenvalue weighted by molar-refractivity contribution is -0.119. The fraction of sp³-hybridized carbons (Fsp3) is 0.133. The van der Waals surface area contributed by atoms with Crippen molar-refractivity contribution in [3.8, 4) is 0 Å². The van der Waals surface area contributed by atoms with E-state index in [1.807, 2.05) is 60.7 Å². The Morgan fingerprint density at radius 3 is 1.88 bits per heavy atom. The molecule has 86 valence electrons. The van der Waals surface area contributed by atoms with Gasteiger partial charge in [-0.2, -0.15) is 0 Å². The number of hydrogen-bond acceptors (Lipinski definition) is 1. The summed E-state index contributed by atoms with van der Waals surface area (Å²) in [7, 11) is 0. The molecule has 0 aromatic heterocycles. The first-order valence-corrected chi connectivity index (χ1v) is 5.39. The third-order valence-electron chi connectivity index (χ3n) is 2.54. The maximum atomic E-state index is 11.7. The standard InChI is InChI=1S/C15H15NO/c1-12(17)16-15(13-8-4-2-5-9-13)14-10-6-3-7-11-14/h2-11,15H,1H3,(H,16,17)/i1D3. The molecule has 2 aromatic rings. The molecule has 0 aliphatic carbocycles. The molecule has 0 aliphatic rings. The van der Waals surface area contributed by atoms with Crippen molar-refractivity contribution >= 4 is 5.91 Å². The molecule has 0 heterocycles. The van der Waals surface area contributed by atoms with Crippen LogP contribution in [0.5, 0.6) is 0 Å². The molecule has 0 bridgehead atoms. The van der Waals surface area contributed by atoms with E-state index in [0.717, 1.165) is 11.1 Å². The van der Waals surface area contributed by atoms with E-state index in [1.165, 1.54) is 0 Å². The third-order valence-corrected chi connectivity index (χ3v) is 2.54. The van der Waals surface area contributed by atoms with Gasteiger partial charge < -0.3 is 5.32 Å². The molecule has 0 fully saturated rings. The van der Waals surface area contributed by atoms with Crippen molar-refractivity contribution in [2.45, 2.75) is 12.9 Å². The van der Waals surface area contributed by atoms with Gasteiger partial charge in [-0.3, -0.25) is 4.79 Å². The average Bonchev–Trinajstić information content (AvgIpc) is 2.45. The Labute approximate surface area is 106 Å². The van der Waals surface area contributed by atoms with Crippen LogP contribution < -0.4 is 5.32 Å². The fourth-order valence-corrected chi connectivity index (χ4v) is 1.78. The number of hydrogen-bond donors (Lipinski definition) is 1. The highest BCUT2D eigenvalue weighted by Gasteiger charge is 2.13. The van der Waals surface area contributed by atoms with Gasteiger partial charge in [0.1, 0.15) is 0 Å². The summed E-state index contributed by atoms with van der Waals surface area (Å²) < 4.78 is 21.5. The van der Waals surface area contributed by atoms with Gasteiger partial charge in [0.15, 0.2) is 0 Å². The summed E-state index contributed by atoms with van der Waals surface area (Å²) in [5.41, 5.74) is 1.69. The zero-order chi connectivity index (χ0) is 14.6. The van der Waals surface area contributed by atoms with Gasteiger partial charge in [-0.1, -0.05) is 60.7 Å². The molecule has 0 saturated carbocycles. The molecule has 2 heteroatoms. The van der Waals surface area contributed by atoms with E-state index in [-0.39, 0.29) is 0 Å². The van der Waals surface area contributed by atoms with Crippen LogP contribution in [0.1, 0.15) is 28.1 Å². The minimum atomic E-state index is -2.65. The monoisotopic (exact) mass is 228 g/mol. The van der Waals surface area contributed by atoms with E-state index in [4.69, 9.17) is 4.11 Å². The molecule has 2 aromatic carbocycles. The van der Waals surface area contributed by atoms with Gasteiger partial charge in [0, 0.05) is 11.0 Å². The van der Waals surface area contributed by atoms with Crippen LogP contribution in [0, 0.1) is 0 Å². The topological polar surface area (TPSA) is 29.1 Å². The molecule has 1 amide bonds. The van der Waals surface area contributed by atoms with Crippen molar-refractivity contribution in [3.63, 3.8) is 0 Å². The molecule has 0 atom stereocenters.